The van der Waals surface area contributed by atoms with Crippen LogP contribution in [0.5, 0.6) is 0 Å². The second-order valence-corrected chi connectivity index (χ2v) is 6.23. The molecule has 2 heterocycles. The smallest absolute Gasteiger partial charge is 0.269 e. The molecule has 0 saturated heterocycles. The molecular weight excluding hydrogens is 354 g/mol. The fraction of sp³-hybridized carbons (Fsp3) is 0.250. The first-order valence-corrected chi connectivity index (χ1v) is 8.73. The number of carbonyl (C=O) groups excluding carboxylic acids is 2. The fourth-order valence-electron chi connectivity index (χ4n) is 2.22. The van der Waals surface area contributed by atoms with Crippen LogP contribution in [0.4, 0.5) is 11.4 Å². The van der Waals surface area contributed by atoms with Crippen LogP contribution in [0.1, 0.15) is 35.3 Å². The number of carbonyl (C=O) groups is 2. The van der Waals surface area contributed by atoms with Gasteiger partial charge in [-0.25, -0.2) is 9.67 Å². The highest BCUT2D eigenvalue weighted by molar-refractivity contribution is 7.08. The molecule has 0 spiro atoms. The van der Waals surface area contributed by atoms with E-state index in [4.69, 9.17) is 0 Å². The minimum Gasteiger partial charge on any atom is -0.324 e. The van der Waals surface area contributed by atoms with Gasteiger partial charge < -0.3 is 10.6 Å². The quantitative estimate of drug-likeness (QED) is 0.686. The Labute approximate surface area is 153 Å². The van der Waals surface area contributed by atoms with Crippen molar-refractivity contribution in [1.82, 2.24) is 24.4 Å². The number of hydrogen-bond acceptors (Lipinski definition) is 7. The molecule has 3 rings (SSSR count). The summed E-state index contributed by atoms with van der Waals surface area (Å²) in [5, 5.41) is 13.5. The van der Waals surface area contributed by atoms with Gasteiger partial charge in [-0.15, -0.1) is 5.10 Å². The van der Waals surface area contributed by atoms with Crippen LogP contribution in [-0.2, 0) is 11.2 Å². The van der Waals surface area contributed by atoms with Crippen molar-refractivity contribution < 1.29 is 9.59 Å². The lowest BCUT2D eigenvalue weighted by atomic mass is 10.2. The maximum absolute atomic E-state index is 12.3. The van der Waals surface area contributed by atoms with Gasteiger partial charge in [0.05, 0.1) is 5.69 Å². The van der Waals surface area contributed by atoms with Crippen molar-refractivity contribution in [3.8, 4) is 0 Å². The number of nitrogens with zero attached hydrogens (tertiary/aromatic N) is 5. The van der Waals surface area contributed by atoms with Gasteiger partial charge in [-0.3, -0.25) is 9.59 Å². The summed E-state index contributed by atoms with van der Waals surface area (Å²) in [6, 6.07) is 6.38. The Morgan fingerprint density at radius 3 is 2.50 bits per heavy atom. The van der Waals surface area contributed by atoms with E-state index in [2.05, 4.69) is 30.3 Å². The summed E-state index contributed by atoms with van der Waals surface area (Å²) in [5.41, 5.74) is 1.92. The molecule has 0 fully saturated rings. The zero-order chi connectivity index (χ0) is 18.5. The summed E-state index contributed by atoms with van der Waals surface area (Å²) in [7, 11) is 0. The molecule has 0 aliphatic carbocycles. The normalized spacial score (nSPS) is 11.8. The van der Waals surface area contributed by atoms with E-state index in [0.29, 0.717) is 28.4 Å². The van der Waals surface area contributed by atoms with Crippen LogP contribution < -0.4 is 10.6 Å². The van der Waals surface area contributed by atoms with Crippen molar-refractivity contribution in [1.29, 1.82) is 0 Å². The topological polar surface area (TPSA) is 115 Å². The average Bonchev–Trinajstić information content (AvgIpc) is 3.34. The minimum atomic E-state index is -0.483. The van der Waals surface area contributed by atoms with Gasteiger partial charge in [-0.1, -0.05) is 11.4 Å². The Morgan fingerprint density at radius 1 is 1.19 bits per heavy atom. The fourth-order valence-corrected chi connectivity index (χ4v) is 2.87. The molecule has 2 N–H and O–H groups in total. The monoisotopic (exact) mass is 371 g/mol. The molecule has 9 nitrogen and oxygen atoms in total. The zero-order valence-electron chi connectivity index (χ0n) is 14.2. The molecule has 2 aromatic heterocycles. The SMILES string of the molecule is CCc1nnsc1C(=O)Nc1ccc(NC(=O)C(C)n2cncn2)cc1. The van der Waals surface area contributed by atoms with Gasteiger partial charge in [0, 0.05) is 11.4 Å². The van der Waals surface area contributed by atoms with Crippen LogP contribution in [0.3, 0.4) is 0 Å². The number of nitrogens with one attached hydrogen (secondary N) is 2. The molecule has 1 atom stereocenters. The standard InChI is InChI=1S/C16H17N7O2S/c1-3-13-14(26-22-21-13)16(25)20-12-6-4-11(5-7-12)19-15(24)10(2)23-9-17-8-18-23/h4-10H,3H2,1-2H3,(H,19,24)(H,20,25). The van der Waals surface area contributed by atoms with Gasteiger partial charge in [0.1, 0.15) is 23.6 Å². The first-order valence-electron chi connectivity index (χ1n) is 7.96. The molecule has 0 aliphatic heterocycles. The van der Waals surface area contributed by atoms with Crippen molar-refractivity contribution in [2.75, 3.05) is 10.6 Å². The summed E-state index contributed by atoms with van der Waals surface area (Å²) in [4.78, 5) is 28.8. The van der Waals surface area contributed by atoms with Crippen LogP contribution in [0.2, 0.25) is 0 Å². The van der Waals surface area contributed by atoms with E-state index < -0.39 is 6.04 Å². The molecule has 0 aliphatic rings. The van der Waals surface area contributed by atoms with Gasteiger partial charge in [0.2, 0.25) is 5.91 Å². The van der Waals surface area contributed by atoms with Crippen LogP contribution >= 0.6 is 11.5 Å². The molecule has 0 bridgehead atoms. The third kappa shape index (κ3) is 3.91. The van der Waals surface area contributed by atoms with Gasteiger partial charge in [0.25, 0.3) is 5.91 Å². The molecule has 10 heteroatoms. The molecule has 3 aromatic rings. The lowest BCUT2D eigenvalue weighted by molar-refractivity contribution is -0.119. The van der Waals surface area contributed by atoms with Crippen molar-refractivity contribution in [2.24, 2.45) is 0 Å². The summed E-state index contributed by atoms with van der Waals surface area (Å²) < 4.78 is 5.28. The number of hydrogen-bond donors (Lipinski definition) is 2. The van der Waals surface area contributed by atoms with E-state index in [-0.39, 0.29) is 11.8 Å². The average molecular weight is 371 g/mol. The van der Waals surface area contributed by atoms with Crippen LogP contribution in [0, 0.1) is 0 Å². The predicted molar refractivity (Wildman–Crippen MR) is 97.0 cm³/mol. The van der Waals surface area contributed by atoms with E-state index in [1.165, 1.54) is 17.3 Å². The third-order valence-corrected chi connectivity index (χ3v) is 4.49. The van der Waals surface area contributed by atoms with Crippen LogP contribution in [-0.4, -0.2) is 36.2 Å². The number of aryl methyl sites for hydroxylation is 1. The Balaban J connectivity index is 1.61. The highest BCUT2D eigenvalue weighted by atomic mass is 32.1. The van der Waals surface area contributed by atoms with Gasteiger partial charge >= 0.3 is 0 Å². The van der Waals surface area contributed by atoms with Gasteiger partial charge in [-0.2, -0.15) is 5.10 Å². The Bertz CT molecular complexity index is 890. The number of benzene rings is 1. The Morgan fingerprint density at radius 2 is 1.88 bits per heavy atom. The number of amides is 2. The summed E-state index contributed by atoms with van der Waals surface area (Å²) >= 11 is 1.07. The van der Waals surface area contributed by atoms with Crippen molar-refractivity contribution in [2.45, 2.75) is 26.3 Å². The van der Waals surface area contributed by atoms with Gasteiger partial charge in [-0.05, 0) is 49.1 Å². The number of aromatic nitrogens is 5. The first kappa shape index (κ1) is 17.7. The van der Waals surface area contributed by atoms with Crippen molar-refractivity contribution in [3.63, 3.8) is 0 Å². The molecule has 1 unspecified atom stereocenters. The van der Waals surface area contributed by atoms with Crippen LogP contribution in [0.15, 0.2) is 36.9 Å². The summed E-state index contributed by atoms with van der Waals surface area (Å²) in [6.45, 7) is 3.65. The maximum atomic E-state index is 12.3. The Hall–Kier alpha value is -3.14. The molecular formula is C16H17N7O2S. The summed E-state index contributed by atoms with van der Waals surface area (Å²) in [5.74, 6) is -0.455. The van der Waals surface area contributed by atoms with E-state index in [1.54, 1.807) is 31.2 Å². The third-order valence-electron chi connectivity index (χ3n) is 3.72. The van der Waals surface area contributed by atoms with Crippen LogP contribution in [0.25, 0.3) is 0 Å². The second-order valence-electron chi connectivity index (χ2n) is 5.47. The minimum absolute atomic E-state index is 0.212. The predicted octanol–water partition coefficient (Wildman–Crippen LogP) is 2.14. The Kier molecular flexibility index (Phi) is 5.32. The molecule has 134 valence electrons. The summed E-state index contributed by atoms with van der Waals surface area (Å²) in [6.07, 6.45) is 3.51. The second kappa shape index (κ2) is 7.83. The zero-order valence-corrected chi connectivity index (χ0v) is 15.0. The molecule has 0 saturated carbocycles. The molecule has 2 amide bonds. The molecule has 26 heavy (non-hydrogen) atoms. The maximum Gasteiger partial charge on any atom is 0.269 e. The van der Waals surface area contributed by atoms with Crippen molar-refractivity contribution in [3.05, 3.63) is 47.5 Å². The lowest BCUT2D eigenvalue weighted by Gasteiger charge is -2.12. The highest BCUT2D eigenvalue weighted by Crippen LogP contribution is 2.18. The van der Waals surface area contributed by atoms with Gasteiger partial charge in [0.15, 0.2) is 0 Å². The number of rotatable bonds is 6. The van der Waals surface area contributed by atoms with E-state index >= 15 is 0 Å². The van der Waals surface area contributed by atoms with E-state index in [9.17, 15) is 9.59 Å². The van der Waals surface area contributed by atoms with E-state index in [1.807, 2.05) is 6.92 Å². The molecule has 1 aromatic carbocycles. The first-order chi connectivity index (χ1) is 12.6. The lowest BCUT2D eigenvalue weighted by Crippen LogP contribution is -2.24. The highest BCUT2D eigenvalue weighted by Gasteiger charge is 2.17. The largest absolute Gasteiger partial charge is 0.324 e. The number of anilines is 2. The van der Waals surface area contributed by atoms with Crippen molar-refractivity contribution >= 4 is 34.7 Å². The molecule has 0 radical (unpaired) electrons. The van der Waals surface area contributed by atoms with E-state index in [0.717, 1.165) is 11.5 Å².